The summed E-state index contributed by atoms with van der Waals surface area (Å²) in [4.78, 5) is 4.33. The monoisotopic (exact) mass is 297 g/mol. The molecule has 3 nitrogen and oxygen atoms in total. The van der Waals surface area contributed by atoms with Gasteiger partial charge in [0.25, 0.3) is 0 Å². The van der Waals surface area contributed by atoms with Gasteiger partial charge in [-0.15, -0.1) is 0 Å². The molecule has 0 saturated heterocycles. The molecule has 106 valence electrons. The molecule has 0 aliphatic heterocycles. The molecule has 1 heterocycles. The van der Waals surface area contributed by atoms with Crippen molar-refractivity contribution in [2.24, 2.45) is 5.84 Å². The zero-order chi connectivity index (χ0) is 14.7. The van der Waals surface area contributed by atoms with Crippen LogP contribution in [-0.4, -0.2) is 4.98 Å². The second-order valence-corrected chi connectivity index (χ2v) is 5.38. The fourth-order valence-electron chi connectivity index (χ4n) is 2.47. The van der Waals surface area contributed by atoms with Gasteiger partial charge in [0, 0.05) is 16.6 Å². The normalized spacial score (nSPS) is 12.5. The van der Waals surface area contributed by atoms with E-state index in [1.54, 1.807) is 6.20 Å². The molecular formula is C17H16ClN3. The lowest BCUT2D eigenvalue weighted by molar-refractivity contribution is 0.552. The molecule has 4 heteroatoms. The van der Waals surface area contributed by atoms with Crippen LogP contribution in [0, 0.1) is 0 Å². The van der Waals surface area contributed by atoms with Crippen molar-refractivity contribution in [3.63, 3.8) is 0 Å². The van der Waals surface area contributed by atoms with Gasteiger partial charge in [-0.05, 0) is 41.8 Å². The summed E-state index contributed by atoms with van der Waals surface area (Å²) in [5.41, 5.74) is 6.06. The summed E-state index contributed by atoms with van der Waals surface area (Å²) in [5.74, 6) is 5.74. The molecule has 1 atom stereocenters. The van der Waals surface area contributed by atoms with Gasteiger partial charge in [-0.25, -0.2) is 0 Å². The van der Waals surface area contributed by atoms with E-state index in [9.17, 15) is 0 Å². The molecule has 0 saturated carbocycles. The van der Waals surface area contributed by atoms with Gasteiger partial charge in [-0.3, -0.25) is 16.3 Å². The summed E-state index contributed by atoms with van der Waals surface area (Å²) in [6, 6.07) is 18.0. The maximum absolute atomic E-state index is 6.23. The maximum atomic E-state index is 6.23. The van der Waals surface area contributed by atoms with Crippen molar-refractivity contribution in [1.29, 1.82) is 0 Å². The van der Waals surface area contributed by atoms with Crippen LogP contribution in [0.2, 0.25) is 5.02 Å². The Bertz CT molecular complexity index is 758. The van der Waals surface area contributed by atoms with Crippen molar-refractivity contribution < 1.29 is 0 Å². The van der Waals surface area contributed by atoms with Gasteiger partial charge in [0.15, 0.2) is 0 Å². The first-order valence-corrected chi connectivity index (χ1v) is 7.20. The Kier molecular flexibility index (Phi) is 4.15. The van der Waals surface area contributed by atoms with Crippen molar-refractivity contribution in [3.8, 4) is 0 Å². The molecule has 0 aliphatic carbocycles. The molecule has 21 heavy (non-hydrogen) atoms. The third kappa shape index (κ3) is 3.05. The standard InChI is InChI=1S/C17H16ClN3/c18-15-6-2-1-4-12(15)11-17(21-19)14-7-8-16-13(10-14)5-3-9-20-16/h1-10,17,21H,11,19H2. The summed E-state index contributed by atoms with van der Waals surface area (Å²) in [6.45, 7) is 0. The van der Waals surface area contributed by atoms with Gasteiger partial charge in [0.2, 0.25) is 0 Å². The van der Waals surface area contributed by atoms with Gasteiger partial charge in [0.1, 0.15) is 0 Å². The molecule has 0 aliphatic rings. The zero-order valence-corrected chi connectivity index (χ0v) is 12.2. The summed E-state index contributed by atoms with van der Waals surface area (Å²) >= 11 is 6.23. The Morgan fingerprint density at radius 1 is 1.10 bits per heavy atom. The van der Waals surface area contributed by atoms with Gasteiger partial charge in [0.05, 0.1) is 11.6 Å². The average molecular weight is 298 g/mol. The molecule has 0 fully saturated rings. The number of nitrogens with one attached hydrogen (secondary N) is 1. The number of fused-ring (bicyclic) bond motifs is 1. The van der Waals surface area contributed by atoms with Gasteiger partial charge in [-0.2, -0.15) is 0 Å². The molecule has 0 radical (unpaired) electrons. The number of hydrogen-bond acceptors (Lipinski definition) is 3. The van der Waals surface area contributed by atoms with Crippen LogP contribution in [0.15, 0.2) is 60.8 Å². The lowest BCUT2D eigenvalue weighted by Gasteiger charge is -2.17. The van der Waals surface area contributed by atoms with Gasteiger partial charge in [-0.1, -0.05) is 41.9 Å². The molecule has 0 spiro atoms. The highest BCUT2D eigenvalue weighted by Crippen LogP contribution is 2.25. The number of rotatable bonds is 4. The fourth-order valence-corrected chi connectivity index (χ4v) is 2.68. The first kappa shape index (κ1) is 14.0. The predicted octanol–water partition coefficient (Wildman–Crippen LogP) is 3.64. The van der Waals surface area contributed by atoms with Crippen LogP contribution < -0.4 is 11.3 Å². The summed E-state index contributed by atoms with van der Waals surface area (Å²) in [7, 11) is 0. The van der Waals surface area contributed by atoms with Gasteiger partial charge < -0.3 is 0 Å². The van der Waals surface area contributed by atoms with Crippen molar-refractivity contribution in [3.05, 3.63) is 76.9 Å². The van der Waals surface area contributed by atoms with E-state index in [-0.39, 0.29) is 6.04 Å². The smallest absolute Gasteiger partial charge is 0.0702 e. The van der Waals surface area contributed by atoms with Crippen LogP contribution >= 0.6 is 11.6 Å². The Morgan fingerprint density at radius 3 is 2.76 bits per heavy atom. The third-order valence-electron chi connectivity index (χ3n) is 3.61. The van der Waals surface area contributed by atoms with Crippen molar-refractivity contribution in [1.82, 2.24) is 10.4 Å². The van der Waals surface area contributed by atoms with Crippen molar-refractivity contribution >= 4 is 22.5 Å². The zero-order valence-electron chi connectivity index (χ0n) is 11.5. The largest absolute Gasteiger partial charge is 0.271 e. The van der Waals surface area contributed by atoms with E-state index in [4.69, 9.17) is 17.4 Å². The second-order valence-electron chi connectivity index (χ2n) is 4.97. The highest BCUT2D eigenvalue weighted by molar-refractivity contribution is 6.31. The first-order valence-electron chi connectivity index (χ1n) is 6.82. The number of benzene rings is 2. The molecule has 1 aromatic heterocycles. The summed E-state index contributed by atoms with van der Waals surface area (Å²) in [6.07, 6.45) is 2.53. The molecule has 2 aromatic carbocycles. The van der Waals surface area contributed by atoms with Crippen LogP contribution in [0.4, 0.5) is 0 Å². The molecule has 1 unspecified atom stereocenters. The van der Waals surface area contributed by atoms with E-state index in [1.165, 1.54) is 0 Å². The van der Waals surface area contributed by atoms with Crippen LogP contribution in [0.3, 0.4) is 0 Å². The quantitative estimate of drug-likeness (QED) is 0.571. The van der Waals surface area contributed by atoms with E-state index in [1.807, 2.05) is 36.4 Å². The van der Waals surface area contributed by atoms with E-state index >= 15 is 0 Å². The first-order chi connectivity index (χ1) is 10.3. The van der Waals surface area contributed by atoms with E-state index < -0.39 is 0 Å². The Labute approximate surface area is 128 Å². The van der Waals surface area contributed by atoms with Gasteiger partial charge >= 0.3 is 0 Å². The van der Waals surface area contributed by atoms with Crippen LogP contribution in [-0.2, 0) is 6.42 Å². The Hall–Kier alpha value is -1.94. The fraction of sp³-hybridized carbons (Fsp3) is 0.118. The molecule has 3 rings (SSSR count). The molecule has 0 bridgehead atoms. The lowest BCUT2D eigenvalue weighted by Crippen LogP contribution is -2.29. The number of aromatic nitrogens is 1. The number of pyridine rings is 1. The minimum absolute atomic E-state index is 0.00880. The lowest BCUT2D eigenvalue weighted by atomic mass is 9.98. The minimum atomic E-state index is 0.00880. The summed E-state index contributed by atoms with van der Waals surface area (Å²) in [5, 5.41) is 1.87. The van der Waals surface area contributed by atoms with E-state index in [0.717, 1.165) is 33.5 Å². The van der Waals surface area contributed by atoms with Crippen molar-refractivity contribution in [2.45, 2.75) is 12.5 Å². The van der Waals surface area contributed by atoms with E-state index in [0.29, 0.717) is 0 Å². The summed E-state index contributed by atoms with van der Waals surface area (Å²) < 4.78 is 0. The number of nitrogens with two attached hydrogens (primary N) is 1. The van der Waals surface area contributed by atoms with Crippen LogP contribution in [0.5, 0.6) is 0 Å². The highest BCUT2D eigenvalue weighted by atomic mass is 35.5. The van der Waals surface area contributed by atoms with Crippen molar-refractivity contribution in [2.75, 3.05) is 0 Å². The molecule has 3 N–H and O–H groups in total. The number of nitrogens with zero attached hydrogens (tertiary/aromatic N) is 1. The Balaban J connectivity index is 1.93. The van der Waals surface area contributed by atoms with E-state index in [2.05, 4.69) is 28.6 Å². The second kappa shape index (κ2) is 6.22. The Morgan fingerprint density at radius 2 is 1.95 bits per heavy atom. The maximum Gasteiger partial charge on any atom is 0.0702 e. The number of halogens is 1. The van der Waals surface area contributed by atoms with Crippen LogP contribution in [0.25, 0.3) is 10.9 Å². The SMILES string of the molecule is NNC(Cc1ccccc1Cl)c1ccc2ncccc2c1. The average Bonchev–Trinajstić information content (AvgIpc) is 2.54. The molecular weight excluding hydrogens is 282 g/mol. The van der Waals surface area contributed by atoms with Crippen LogP contribution in [0.1, 0.15) is 17.2 Å². The topological polar surface area (TPSA) is 50.9 Å². The molecule has 0 amide bonds. The predicted molar refractivity (Wildman–Crippen MR) is 87.0 cm³/mol. The highest BCUT2D eigenvalue weighted by Gasteiger charge is 2.13. The minimum Gasteiger partial charge on any atom is -0.271 e. The number of hydrogen-bond donors (Lipinski definition) is 2. The molecule has 3 aromatic rings. The third-order valence-corrected chi connectivity index (χ3v) is 3.98. The number of hydrazine groups is 1.